The fourth-order valence-corrected chi connectivity index (χ4v) is 3.48. The van der Waals surface area contributed by atoms with Gasteiger partial charge in [0.1, 0.15) is 17.2 Å². The zero-order valence-electron chi connectivity index (χ0n) is 17.8. The molecule has 2 aromatic rings. The van der Waals surface area contributed by atoms with E-state index < -0.39 is 24.4 Å². The van der Waals surface area contributed by atoms with E-state index >= 15 is 0 Å². The van der Waals surface area contributed by atoms with Gasteiger partial charge in [-0.25, -0.2) is 0 Å². The molecule has 1 aliphatic rings. The molecule has 0 spiro atoms. The van der Waals surface area contributed by atoms with Crippen LogP contribution in [0.25, 0.3) is 0 Å². The topological polar surface area (TPSA) is 103 Å². The molecule has 32 heavy (non-hydrogen) atoms. The predicted octanol–water partition coefficient (Wildman–Crippen LogP) is 2.90. The number of benzene rings is 2. The Morgan fingerprint density at radius 1 is 1.06 bits per heavy atom. The van der Waals surface area contributed by atoms with Crippen LogP contribution in [0.4, 0.5) is 11.4 Å². The summed E-state index contributed by atoms with van der Waals surface area (Å²) in [5.74, 6) is -0.730. The normalized spacial score (nSPS) is 15.3. The molecule has 3 rings (SSSR count). The largest absolute Gasteiger partial charge is 0.497 e. The van der Waals surface area contributed by atoms with Crippen molar-refractivity contribution in [3.63, 3.8) is 0 Å². The third-order valence-electron chi connectivity index (χ3n) is 4.92. The van der Waals surface area contributed by atoms with E-state index in [2.05, 4.69) is 5.32 Å². The van der Waals surface area contributed by atoms with E-state index in [4.69, 9.17) is 30.5 Å². The number of nitrogens with one attached hydrogen (secondary N) is 1. The number of methoxy groups -OCH3 is 3. The van der Waals surface area contributed by atoms with Crippen LogP contribution in [-0.2, 0) is 19.1 Å². The first-order chi connectivity index (χ1) is 15.4. The van der Waals surface area contributed by atoms with Crippen LogP contribution in [0.3, 0.4) is 0 Å². The summed E-state index contributed by atoms with van der Waals surface area (Å²) in [7, 11) is 4.46. The van der Waals surface area contributed by atoms with E-state index in [1.807, 2.05) is 0 Å². The molecule has 10 heteroatoms. The van der Waals surface area contributed by atoms with E-state index in [-0.39, 0.29) is 18.9 Å². The van der Waals surface area contributed by atoms with Crippen molar-refractivity contribution in [1.82, 2.24) is 0 Å². The van der Waals surface area contributed by atoms with Crippen molar-refractivity contribution in [3.05, 3.63) is 41.4 Å². The highest BCUT2D eigenvalue weighted by molar-refractivity contribution is 6.31. The van der Waals surface area contributed by atoms with E-state index in [1.165, 1.54) is 26.2 Å². The third-order valence-corrected chi connectivity index (χ3v) is 5.15. The van der Waals surface area contributed by atoms with Gasteiger partial charge in [-0.1, -0.05) is 11.6 Å². The monoisotopic (exact) mass is 462 g/mol. The highest BCUT2D eigenvalue weighted by atomic mass is 35.5. The lowest BCUT2D eigenvalue weighted by molar-refractivity contribution is -0.151. The molecule has 0 aromatic heterocycles. The summed E-state index contributed by atoms with van der Waals surface area (Å²) in [5, 5.41) is 3.05. The van der Waals surface area contributed by atoms with Gasteiger partial charge in [0.25, 0.3) is 5.91 Å². The van der Waals surface area contributed by atoms with Crippen molar-refractivity contribution in [3.8, 4) is 17.2 Å². The molecule has 0 bridgehead atoms. The summed E-state index contributed by atoms with van der Waals surface area (Å²) < 4.78 is 20.8. The maximum atomic E-state index is 12.5. The van der Waals surface area contributed by atoms with Gasteiger partial charge < -0.3 is 29.2 Å². The van der Waals surface area contributed by atoms with Crippen LogP contribution in [0.15, 0.2) is 36.4 Å². The second kappa shape index (κ2) is 10.2. The van der Waals surface area contributed by atoms with E-state index in [9.17, 15) is 14.4 Å². The van der Waals surface area contributed by atoms with Gasteiger partial charge in [0.05, 0.1) is 38.6 Å². The molecule has 2 amide bonds. The maximum Gasteiger partial charge on any atom is 0.311 e. The predicted molar refractivity (Wildman–Crippen MR) is 118 cm³/mol. The fraction of sp³-hybridized carbons (Fsp3) is 0.318. The van der Waals surface area contributed by atoms with Gasteiger partial charge in [0, 0.05) is 24.1 Å². The number of anilines is 2. The Balaban J connectivity index is 1.58. The molecule has 9 nitrogen and oxygen atoms in total. The van der Waals surface area contributed by atoms with Crippen molar-refractivity contribution < 1.29 is 33.3 Å². The zero-order chi connectivity index (χ0) is 23.3. The van der Waals surface area contributed by atoms with Crippen LogP contribution < -0.4 is 24.4 Å². The molecule has 2 aromatic carbocycles. The summed E-state index contributed by atoms with van der Waals surface area (Å²) >= 11 is 6.04. The molecule has 1 aliphatic heterocycles. The van der Waals surface area contributed by atoms with Crippen molar-refractivity contribution in [2.45, 2.75) is 6.42 Å². The van der Waals surface area contributed by atoms with Crippen molar-refractivity contribution in [2.24, 2.45) is 5.92 Å². The Hall–Kier alpha value is -3.46. The smallest absolute Gasteiger partial charge is 0.311 e. The first-order valence-electron chi connectivity index (χ1n) is 9.68. The number of carbonyl (C=O) groups excluding carboxylic acids is 3. The van der Waals surface area contributed by atoms with E-state index in [0.29, 0.717) is 33.6 Å². The highest BCUT2D eigenvalue weighted by Crippen LogP contribution is 2.35. The molecular weight excluding hydrogens is 440 g/mol. The molecule has 1 N–H and O–H groups in total. The number of carbonyl (C=O) groups is 3. The zero-order valence-corrected chi connectivity index (χ0v) is 18.6. The van der Waals surface area contributed by atoms with Gasteiger partial charge in [-0.05, 0) is 30.3 Å². The van der Waals surface area contributed by atoms with Crippen LogP contribution in [0, 0.1) is 5.92 Å². The number of rotatable bonds is 8. The maximum absolute atomic E-state index is 12.5. The van der Waals surface area contributed by atoms with Gasteiger partial charge in [-0.3, -0.25) is 14.4 Å². The third kappa shape index (κ3) is 5.23. The number of hydrogen-bond donors (Lipinski definition) is 1. The number of nitrogens with zero attached hydrogens (tertiary/aromatic N) is 1. The molecule has 0 unspecified atom stereocenters. The Morgan fingerprint density at radius 2 is 1.81 bits per heavy atom. The Kier molecular flexibility index (Phi) is 7.42. The number of halogens is 1. The molecule has 0 radical (unpaired) electrons. The molecule has 1 atom stereocenters. The minimum atomic E-state index is -0.713. The molecule has 0 saturated carbocycles. The first kappa shape index (κ1) is 23.2. The number of esters is 1. The number of ether oxygens (including phenoxy) is 4. The van der Waals surface area contributed by atoms with Crippen LogP contribution in [0.5, 0.6) is 17.2 Å². The summed E-state index contributed by atoms with van der Waals surface area (Å²) in [5.41, 5.74) is 0.884. The summed E-state index contributed by atoms with van der Waals surface area (Å²) in [6.45, 7) is -0.401. The molecule has 1 saturated heterocycles. The first-order valence-corrected chi connectivity index (χ1v) is 10.1. The van der Waals surface area contributed by atoms with Crippen LogP contribution >= 0.6 is 11.6 Å². The molecule has 1 heterocycles. The number of hydrogen-bond acceptors (Lipinski definition) is 7. The second-order valence-electron chi connectivity index (χ2n) is 6.94. The van der Waals surface area contributed by atoms with Gasteiger partial charge in [0.15, 0.2) is 6.61 Å². The SMILES string of the molecule is COc1ccc(NC(=O)COC(=O)[C@@H]2CC(=O)N(c3cc(Cl)ccc3OC)C2)c(OC)c1. The Bertz CT molecular complexity index is 1030. The lowest BCUT2D eigenvalue weighted by atomic mass is 10.1. The summed E-state index contributed by atoms with van der Waals surface area (Å²) in [6, 6.07) is 9.78. The van der Waals surface area contributed by atoms with Gasteiger partial charge >= 0.3 is 5.97 Å². The minimum absolute atomic E-state index is 0.0393. The Labute approximate surface area is 190 Å². The van der Waals surface area contributed by atoms with Crippen molar-refractivity contribution in [1.29, 1.82) is 0 Å². The van der Waals surface area contributed by atoms with E-state index in [1.54, 1.807) is 36.4 Å². The van der Waals surface area contributed by atoms with Gasteiger partial charge in [0.2, 0.25) is 5.91 Å². The van der Waals surface area contributed by atoms with Crippen LogP contribution in [0.1, 0.15) is 6.42 Å². The fourth-order valence-electron chi connectivity index (χ4n) is 3.31. The number of amides is 2. The summed E-state index contributed by atoms with van der Waals surface area (Å²) in [4.78, 5) is 38.6. The van der Waals surface area contributed by atoms with Crippen LogP contribution in [-0.4, -0.2) is 52.3 Å². The van der Waals surface area contributed by atoms with Gasteiger partial charge in [-0.2, -0.15) is 0 Å². The minimum Gasteiger partial charge on any atom is -0.497 e. The van der Waals surface area contributed by atoms with Crippen molar-refractivity contribution >= 4 is 40.8 Å². The van der Waals surface area contributed by atoms with E-state index in [0.717, 1.165) is 0 Å². The lowest BCUT2D eigenvalue weighted by Crippen LogP contribution is -2.28. The van der Waals surface area contributed by atoms with Gasteiger partial charge in [-0.15, -0.1) is 0 Å². The second-order valence-corrected chi connectivity index (χ2v) is 7.38. The highest BCUT2D eigenvalue weighted by Gasteiger charge is 2.37. The molecule has 1 fully saturated rings. The quantitative estimate of drug-likeness (QED) is 0.601. The summed E-state index contributed by atoms with van der Waals surface area (Å²) in [6.07, 6.45) is -0.0393. The lowest BCUT2D eigenvalue weighted by Gasteiger charge is -2.19. The van der Waals surface area contributed by atoms with Crippen molar-refractivity contribution in [2.75, 3.05) is 44.7 Å². The average Bonchev–Trinajstić information content (AvgIpc) is 3.19. The molecular formula is C22H23ClN2O7. The average molecular weight is 463 g/mol. The standard InChI is InChI=1S/C22H23ClN2O7/c1-29-15-5-6-16(19(10-15)31-3)24-20(26)12-32-22(28)13-8-21(27)25(11-13)17-9-14(23)4-7-18(17)30-2/h4-7,9-10,13H,8,11-12H2,1-3H3,(H,24,26)/t13-/m1/s1. The van der Waals surface area contributed by atoms with Crippen LogP contribution in [0.2, 0.25) is 5.02 Å². The molecule has 0 aliphatic carbocycles. The Morgan fingerprint density at radius 3 is 2.50 bits per heavy atom. The molecule has 170 valence electrons.